The van der Waals surface area contributed by atoms with Crippen LogP contribution in [0.2, 0.25) is 5.02 Å². The van der Waals surface area contributed by atoms with Crippen LogP contribution in [-0.2, 0) is 6.54 Å². The molecule has 1 saturated carbocycles. The lowest BCUT2D eigenvalue weighted by molar-refractivity contribution is 0.222. The molecule has 0 radical (unpaired) electrons. The van der Waals surface area contributed by atoms with Crippen LogP contribution in [0.1, 0.15) is 45.1 Å². The SMILES string of the molecule is CN(c1ccc(CN)c(Cl)c1)C1CCC(C)(C)CC1. The Labute approximate surface area is 121 Å². The lowest BCUT2D eigenvalue weighted by Crippen LogP contribution is -2.37. The molecule has 106 valence electrons. The second kappa shape index (κ2) is 5.72. The summed E-state index contributed by atoms with van der Waals surface area (Å²) in [7, 11) is 2.18. The first-order chi connectivity index (χ1) is 8.93. The minimum Gasteiger partial charge on any atom is -0.372 e. The zero-order valence-corrected chi connectivity index (χ0v) is 13.0. The maximum atomic E-state index is 6.25. The van der Waals surface area contributed by atoms with Crippen molar-refractivity contribution in [1.29, 1.82) is 0 Å². The van der Waals surface area contributed by atoms with Crippen molar-refractivity contribution in [3.05, 3.63) is 28.8 Å². The zero-order chi connectivity index (χ0) is 14.0. The van der Waals surface area contributed by atoms with E-state index in [-0.39, 0.29) is 0 Å². The molecule has 2 rings (SSSR count). The summed E-state index contributed by atoms with van der Waals surface area (Å²) in [5, 5.41) is 0.781. The molecule has 0 aliphatic heterocycles. The summed E-state index contributed by atoms with van der Waals surface area (Å²) < 4.78 is 0. The van der Waals surface area contributed by atoms with Crippen LogP contribution in [0.15, 0.2) is 18.2 Å². The van der Waals surface area contributed by atoms with Crippen LogP contribution in [0.5, 0.6) is 0 Å². The second-order valence-electron chi connectivity index (χ2n) is 6.49. The van der Waals surface area contributed by atoms with Crippen molar-refractivity contribution in [2.24, 2.45) is 11.1 Å². The molecule has 0 aromatic heterocycles. The summed E-state index contributed by atoms with van der Waals surface area (Å²) in [6.07, 6.45) is 5.13. The highest BCUT2D eigenvalue weighted by molar-refractivity contribution is 6.31. The van der Waals surface area contributed by atoms with Gasteiger partial charge < -0.3 is 10.6 Å². The quantitative estimate of drug-likeness (QED) is 0.899. The summed E-state index contributed by atoms with van der Waals surface area (Å²) in [4.78, 5) is 2.38. The molecule has 0 atom stereocenters. The first kappa shape index (κ1) is 14.7. The monoisotopic (exact) mass is 280 g/mol. The molecule has 2 nitrogen and oxygen atoms in total. The maximum Gasteiger partial charge on any atom is 0.0471 e. The third-order valence-corrected chi connectivity index (χ3v) is 4.87. The Morgan fingerprint density at radius 2 is 1.95 bits per heavy atom. The Hall–Kier alpha value is -0.730. The van der Waals surface area contributed by atoms with E-state index < -0.39 is 0 Å². The van der Waals surface area contributed by atoms with Gasteiger partial charge in [-0.3, -0.25) is 0 Å². The zero-order valence-electron chi connectivity index (χ0n) is 12.2. The molecular weight excluding hydrogens is 256 g/mol. The lowest BCUT2D eigenvalue weighted by Gasteiger charge is -2.39. The van der Waals surface area contributed by atoms with Gasteiger partial charge in [-0.2, -0.15) is 0 Å². The van der Waals surface area contributed by atoms with Crippen molar-refractivity contribution >= 4 is 17.3 Å². The van der Waals surface area contributed by atoms with Crippen molar-refractivity contribution in [3.8, 4) is 0 Å². The Balaban J connectivity index is 2.08. The predicted molar refractivity (Wildman–Crippen MR) is 83.8 cm³/mol. The Morgan fingerprint density at radius 1 is 1.32 bits per heavy atom. The summed E-state index contributed by atoms with van der Waals surface area (Å²) in [6, 6.07) is 6.85. The van der Waals surface area contributed by atoms with Gasteiger partial charge in [-0.15, -0.1) is 0 Å². The van der Waals surface area contributed by atoms with Crippen LogP contribution in [0.25, 0.3) is 0 Å². The van der Waals surface area contributed by atoms with Crippen molar-refractivity contribution in [2.75, 3.05) is 11.9 Å². The van der Waals surface area contributed by atoms with Gasteiger partial charge in [0.25, 0.3) is 0 Å². The molecule has 1 fully saturated rings. The van der Waals surface area contributed by atoms with E-state index in [0.29, 0.717) is 18.0 Å². The normalized spacial score (nSPS) is 19.4. The number of nitrogens with two attached hydrogens (primary N) is 1. The van der Waals surface area contributed by atoms with Gasteiger partial charge in [-0.1, -0.05) is 31.5 Å². The first-order valence-electron chi connectivity index (χ1n) is 7.14. The van der Waals surface area contributed by atoms with Crippen LogP contribution in [-0.4, -0.2) is 13.1 Å². The topological polar surface area (TPSA) is 29.3 Å². The molecule has 2 N–H and O–H groups in total. The Bertz CT molecular complexity index is 432. The molecule has 0 heterocycles. The average molecular weight is 281 g/mol. The number of hydrogen-bond acceptors (Lipinski definition) is 2. The number of rotatable bonds is 3. The molecule has 0 amide bonds. The second-order valence-corrected chi connectivity index (χ2v) is 6.89. The van der Waals surface area contributed by atoms with Crippen LogP contribution in [0.3, 0.4) is 0 Å². The van der Waals surface area contributed by atoms with Gasteiger partial charge in [-0.05, 0) is 48.8 Å². The van der Waals surface area contributed by atoms with E-state index in [1.54, 1.807) is 0 Å². The van der Waals surface area contributed by atoms with Gasteiger partial charge in [0.05, 0.1) is 0 Å². The molecule has 1 aromatic rings. The fourth-order valence-corrected chi connectivity index (χ4v) is 3.16. The van der Waals surface area contributed by atoms with Crippen molar-refractivity contribution in [3.63, 3.8) is 0 Å². The van der Waals surface area contributed by atoms with Crippen molar-refractivity contribution in [1.82, 2.24) is 0 Å². The summed E-state index contributed by atoms with van der Waals surface area (Å²) in [5.74, 6) is 0. The minimum absolute atomic E-state index is 0.500. The third kappa shape index (κ3) is 3.43. The van der Waals surface area contributed by atoms with E-state index in [4.69, 9.17) is 17.3 Å². The van der Waals surface area contributed by atoms with E-state index in [1.165, 1.54) is 31.4 Å². The molecular formula is C16H25ClN2. The number of hydrogen-bond donors (Lipinski definition) is 1. The molecule has 19 heavy (non-hydrogen) atoms. The fourth-order valence-electron chi connectivity index (χ4n) is 2.90. The van der Waals surface area contributed by atoms with Crippen LogP contribution >= 0.6 is 11.6 Å². The van der Waals surface area contributed by atoms with Gasteiger partial charge in [0.2, 0.25) is 0 Å². The number of halogens is 1. The number of nitrogens with zero attached hydrogens (tertiary/aromatic N) is 1. The van der Waals surface area contributed by atoms with Crippen LogP contribution in [0, 0.1) is 5.41 Å². The molecule has 3 heteroatoms. The first-order valence-corrected chi connectivity index (χ1v) is 7.52. The van der Waals surface area contributed by atoms with Gasteiger partial charge >= 0.3 is 0 Å². The smallest absolute Gasteiger partial charge is 0.0471 e. The molecule has 0 bridgehead atoms. The van der Waals surface area contributed by atoms with Gasteiger partial charge in [0, 0.05) is 30.3 Å². The van der Waals surface area contributed by atoms with Gasteiger partial charge in [-0.25, -0.2) is 0 Å². The average Bonchev–Trinajstić information content (AvgIpc) is 2.38. The predicted octanol–water partition coefficient (Wildman–Crippen LogP) is 4.20. The summed E-state index contributed by atoms with van der Waals surface area (Å²) in [6.45, 7) is 5.24. The molecule has 1 aliphatic carbocycles. The fraction of sp³-hybridized carbons (Fsp3) is 0.625. The summed E-state index contributed by atoms with van der Waals surface area (Å²) >= 11 is 6.25. The van der Waals surface area contributed by atoms with E-state index in [2.05, 4.69) is 31.9 Å². The standard InChI is InChI=1S/C16H25ClN2/c1-16(2)8-6-13(7-9-16)19(3)14-5-4-12(11-18)15(17)10-14/h4-5,10,13H,6-9,11,18H2,1-3H3. The minimum atomic E-state index is 0.500. The number of anilines is 1. The van der Waals surface area contributed by atoms with Crippen LogP contribution in [0.4, 0.5) is 5.69 Å². The third-order valence-electron chi connectivity index (χ3n) is 4.52. The van der Waals surface area contributed by atoms with E-state index in [1.807, 2.05) is 12.1 Å². The van der Waals surface area contributed by atoms with Crippen molar-refractivity contribution in [2.45, 2.75) is 52.1 Å². The summed E-state index contributed by atoms with van der Waals surface area (Å²) in [5.41, 5.74) is 8.38. The largest absolute Gasteiger partial charge is 0.372 e. The van der Waals surface area contributed by atoms with E-state index in [9.17, 15) is 0 Å². The highest BCUT2D eigenvalue weighted by Gasteiger charge is 2.28. The van der Waals surface area contributed by atoms with Gasteiger partial charge in [0.15, 0.2) is 0 Å². The highest BCUT2D eigenvalue weighted by atomic mass is 35.5. The maximum absolute atomic E-state index is 6.25. The van der Waals surface area contributed by atoms with Crippen molar-refractivity contribution < 1.29 is 0 Å². The molecule has 0 unspecified atom stereocenters. The number of benzene rings is 1. The van der Waals surface area contributed by atoms with E-state index >= 15 is 0 Å². The van der Waals surface area contributed by atoms with E-state index in [0.717, 1.165) is 10.6 Å². The highest BCUT2D eigenvalue weighted by Crippen LogP contribution is 2.38. The Morgan fingerprint density at radius 3 is 2.47 bits per heavy atom. The lowest BCUT2D eigenvalue weighted by atomic mass is 9.75. The molecule has 1 aromatic carbocycles. The van der Waals surface area contributed by atoms with Crippen LogP contribution < -0.4 is 10.6 Å². The molecule has 0 spiro atoms. The van der Waals surface area contributed by atoms with Gasteiger partial charge in [0.1, 0.15) is 0 Å². The Kier molecular flexibility index (Phi) is 4.42. The molecule has 1 aliphatic rings. The molecule has 0 saturated heterocycles.